The second-order valence-corrected chi connectivity index (χ2v) is 12.5. The van der Waals surface area contributed by atoms with Crippen molar-refractivity contribution in [2.24, 2.45) is 0 Å². The molecule has 3 aromatic rings. The molecule has 3 aromatic carbocycles. The van der Waals surface area contributed by atoms with E-state index in [0.29, 0.717) is 22.3 Å². The van der Waals surface area contributed by atoms with E-state index in [1.807, 2.05) is 71.9 Å². The van der Waals surface area contributed by atoms with Crippen molar-refractivity contribution >= 4 is 9.84 Å². The summed E-state index contributed by atoms with van der Waals surface area (Å²) in [6.45, 7) is 11.8. The lowest BCUT2D eigenvalue weighted by Crippen LogP contribution is -2.19. The third-order valence-electron chi connectivity index (χ3n) is 5.73. The number of hydrogen-bond donors (Lipinski definition) is 1. The average molecular weight is 462 g/mol. The summed E-state index contributed by atoms with van der Waals surface area (Å²) in [7, 11) is -3.65. The second-order valence-electron chi connectivity index (χ2n) is 10.5. The topological polar surface area (TPSA) is 78.2 Å². The minimum atomic E-state index is -3.65. The molecular weight excluding hydrogens is 430 g/mol. The van der Waals surface area contributed by atoms with E-state index in [9.17, 15) is 18.8 Å². The predicted octanol–water partition coefficient (Wildman–Crippen LogP) is 6.50. The van der Waals surface area contributed by atoms with Gasteiger partial charge in [0.15, 0.2) is 9.84 Å². The van der Waals surface area contributed by atoms with Crippen LogP contribution in [0.3, 0.4) is 0 Å². The lowest BCUT2D eigenvalue weighted by molar-refractivity contribution is 0.422. The molecule has 0 fully saturated rings. The Kier molecular flexibility index (Phi) is 6.46. The van der Waals surface area contributed by atoms with Crippen molar-refractivity contribution in [3.8, 4) is 22.9 Å². The summed E-state index contributed by atoms with van der Waals surface area (Å²) in [5.74, 6) is 0.0138. The fourth-order valence-corrected chi connectivity index (χ4v) is 5.24. The molecule has 172 valence electrons. The number of sulfone groups is 1. The molecule has 1 N–H and O–H groups in total. The highest BCUT2D eigenvalue weighted by atomic mass is 32.2. The van der Waals surface area contributed by atoms with Crippen LogP contribution in [0.15, 0.2) is 65.6 Å². The first kappa shape index (κ1) is 24.5. The van der Waals surface area contributed by atoms with Gasteiger partial charge in [0.05, 0.1) is 22.3 Å². The fourth-order valence-electron chi connectivity index (χ4n) is 3.85. The quantitative estimate of drug-likeness (QED) is 0.481. The van der Waals surface area contributed by atoms with E-state index in [2.05, 4.69) is 6.07 Å². The van der Waals surface area contributed by atoms with Crippen LogP contribution >= 0.6 is 0 Å². The summed E-state index contributed by atoms with van der Waals surface area (Å²) in [5.41, 5.74) is 3.34. The normalized spacial score (nSPS) is 12.4. The van der Waals surface area contributed by atoms with Crippen molar-refractivity contribution in [1.29, 1.82) is 5.26 Å². The van der Waals surface area contributed by atoms with Crippen molar-refractivity contribution in [2.45, 2.75) is 63.0 Å². The summed E-state index contributed by atoms with van der Waals surface area (Å²) in [6.07, 6.45) is 0. The van der Waals surface area contributed by atoms with Crippen LogP contribution in [0, 0.1) is 11.3 Å². The van der Waals surface area contributed by atoms with Gasteiger partial charge in [0.2, 0.25) is 0 Å². The molecule has 0 spiro atoms. The number of nitrogens with zero attached hydrogens (tertiary/aromatic N) is 1. The van der Waals surface area contributed by atoms with E-state index < -0.39 is 20.7 Å². The van der Waals surface area contributed by atoms with Gasteiger partial charge in [-0.05, 0) is 45.7 Å². The Morgan fingerprint density at radius 2 is 1.36 bits per heavy atom. The molecule has 0 aromatic heterocycles. The Hall–Kier alpha value is -3.10. The maximum absolute atomic E-state index is 13.4. The third kappa shape index (κ3) is 5.29. The number of phenols is 1. The second kappa shape index (κ2) is 8.68. The molecule has 0 saturated carbocycles. The zero-order valence-corrected chi connectivity index (χ0v) is 20.9. The van der Waals surface area contributed by atoms with Crippen molar-refractivity contribution < 1.29 is 13.5 Å². The van der Waals surface area contributed by atoms with Crippen LogP contribution in [-0.4, -0.2) is 13.5 Å². The standard InChI is InChI=1S/C28H31NO3S/c1-27(2,3)24-15-22(16-25(26(24)30)28(4,5)6)33(31,32)18-19-11-13-20(14-12-19)23-10-8-7-9-21(23)17-29/h7-16,30H,18H2,1-6H3. The summed E-state index contributed by atoms with van der Waals surface area (Å²) in [4.78, 5) is 0.217. The van der Waals surface area contributed by atoms with Gasteiger partial charge in [0.25, 0.3) is 0 Å². The van der Waals surface area contributed by atoms with Crippen molar-refractivity contribution in [3.63, 3.8) is 0 Å². The van der Waals surface area contributed by atoms with Crippen molar-refractivity contribution in [1.82, 2.24) is 0 Å². The molecule has 0 heterocycles. The van der Waals surface area contributed by atoms with E-state index in [-0.39, 0.29) is 16.4 Å². The first-order chi connectivity index (χ1) is 15.2. The number of aromatic hydroxyl groups is 1. The van der Waals surface area contributed by atoms with Gasteiger partial charge in [-0.3, -0.25) is 0 Å². The molecule has 33 heavy (non-hydrogen) atoms. The van der Waals surface area contributed by atoms with Crippen molar-refractivity contribution in [2.75, 3.05) is 0 Å². The molecular formula is C28H31NO3S. The average Bonchev–Trinajstić information content (AvgIpc) is 2.72. The van der Waals surface area contributed by atoms with Gasteiger partial charge in [-0.15, -0.1) is 0 Å². The lowest BCUT2D eigenvalue weighted by Gasteiger charge is -2.28. The van der Waals surface area contributed by atoms with Gasteiger partial charge < -0.3 is 5.11 Å². The Balaban J connectivity index is 2.01. The van der Waals surface area contributed by atoms with Gasteiger partial charge in [-0.25, -0.2) is 8.42 Å². The summed E-state index contributed by atoms with van der Waals surface area (Å²) in [5, 5.41) is 20.2. The highest BCUT2D eigenvalue weighted by molar-refractivity contribution is 7.90. The highest BCUT2D eigenvalue weighted by Gasteiger charge is 2.29. The van der Waals surface area contributed by atoms with Gasteiger partial charge >= 0.3 is 0 Å². The smallest absolute Gasteiger partial charge is 0.182 e. The van der Waals surface area contributed by atoms with Crippen LogP contribution in [0.25, 0.3) is 11.1 Å². The molecule has 0 aliphatic carbocycles. The van der Waals surface area contributed by atoms with E-state index in [0.717, 1.165) is 11.1 Å². The van der Waals surface area contributed by atoms with Gasteiger partial charge in [0, 0.05) is 11.1 Å². The maximum atomic E-state index is 13.4. The molecule has 0 unspecified atom stereocenters. The maximum Gasteiger partial charge on any atom is 0.182 e. The Morgan fingerprint density at radius 3 is 1.85 bits per heavy atom. The number of phenolic OH excluding ortho intramolecular Hbond substituents is 1. The molecule has 0 aliphatic rings. The molecule has 5 heteroatoms. The number of nitriles is 1. The van der Waals surface area contributed by atoms with Crippen LogP contribution in [0.1, 0.15) is 63.8 Å². The van der Waals surface area contributed by atoms with Crippen LogP contribution < -0.4 is 0 Å². The Labute approximate surface area is 197 Å². The monoisotopic (exact) mass is 461 g/mol. The number of rotatable bonds is 4. The van der Waals surface area contributed by atoms with E-state index >= 15 is 0 Å². The SMILES string of the molecule is CC(C)(C)c1cc(S(=O)(=O)Cc2ccc(-c3ccccc3C#N)cc2)cc(C(C)(C)C)c1O. The molecule has 0 bridgehead atoms. The van der Waals surface area contributed by atoms with Crippen LogP contribution in [0.4, 0.5) is 0 Å². The molecule has 0 radical (unpaired) electrons. The van der Waals surface area contributed by atoms with Gasteiger partial charge in [-0.2, -0.15) is 5.26 Å². The number of hydrogen-bond acceptors (Lipinski definition) is 4. The zero-order valence-electron chi connectivity index (χ0n) is 20.1. The Morgan fingerprint density at radius 1 is 0.848 bits per heavy atom. The minimum Gasteiger partial charge on any atom is -0.507 e. The van der Waals surface area contributed by atoms with Crippen LogP contribution in [-0.2, 0) is 26.4 Å². The predicted molar refractivity (Wildman–Crippen MR) is 133 cm³/mol. The van der Waals surface area contributed by atoms with Gasteiger partial charge in [0.1, 0.15) is 5.75 Å². The largest absolute Gasteiger partial charge is 0.507 e. The van der Waals surface area contributed by atoms with Crippen LogP contribution in [0.2, 0.25) is 0 Å². The molecule has 0 saturated heterocycles. The third-order valence-corrected chi connectivity index (χ3v) is 7.40. The molecule has 3 rings (SSSR count). The lowest BCUT2D eigenvalue weighted by atomic mass is 9.79. The molecule has 0 amide bonds. The highest BCUT2D eigenvalue weighted by Crippen LogP contribution is 2.41. The van der Waals surface area contributed by atoms with Crippen LogP contribution in [0.5, 0.6) is 5.75 Å². The van der Waals surface area contributed by atoms with E-state index in [1.54, 1.807) is 30.3 Å². The summed E-state index contributed by atoms with van der Waals surface area (Å²) in [6, 6.07) is 20.0. The minimum absolute atomic E-state index is 0.148. The van der Waals surface area contributed by atoms with E-state index in [4.69, 9.17) is 0 Å². The fraction of sp³-hybridized carbons (Fsp3) is 0.321. The number of benzene rings is 3. The molecule has 0 aliphatic heterocycles. The zero-order chi connectivity index (χ0) is 24.6. The Bertz CT molecular complexity index is 1280. The van der Waals surface area contributed by atoms with Gasteiger partial charge in [-0.1, -0.05) is 84.0 Å². The summed E-state index contributed by atoms with van der Waals surface area (Å²) < 4.78 is 26.8. The molecule has 0 atom stereocenters. The van der Waals surface area contributed by atoms with Crippen molar-refractivity contribution in [3.05, 3.63) is 82.9 Å². The molecule has 4 nitrogen and oxygen atoms in total. The summed E-state index contributed by atoms with van der Waals surface area (Å²) >= 11 is 0. The first-order valence-corrected chi connectivity index (χ1v) is 12.6. The van der Waals surface area contributed by atoms with E-state index in [1.165, 1.54) is 0 Å². The first-order valence-electron chi connectivity index (χ1n) is 10.9.